The Bertz CT molecular complexity index is 1270. The van der Waals surface area contributed by atoms with E-state index in [4.69, 9.17) is 4.74 Å². The van der Waals surface area contributed by atoms with Gasteiger partial charge in [0.2, 0.25) is 5.78 Å². The molecule has 31 heavy (non-hydrogen) atoms. The number of carbonyl (C=O) groups is 1. The highest BCUT2D eigenvalue weighted by Crippen LogP contribution is 2.36. The summed E-state index contributed by atoms with van der Waals surface area (Å²) in [6, 6.07) is 19.8. The van der Waals surface area contributed by atoms with Crippen LogP contribution in [0.3, 0.4) is 0 Å². The van der Waals surface area contributed by atoms with E-state index in [9.17, 15) is 4.79 Å². The predicted octanol–water partition coefficient (Wildman–Crippen LogP) is 5.51. The molecule has 1 unspecified atom stereocenters. The number of aryl methyl sites for hydroxylation is 1. The molecule has 6 heteroatoms. The quantitative estimate of drug-likeness (QED) is 0.397. The van der Waals surface area contributed by atoms with E-state index in [1.807, 2.05) is 79.2 Å². The summed E-state index contributed by atoms with van der Waals surface area (Å²) < 4.78 is 5.93. The zero-order valence-electron chi connectivity index (χ0n) is 17.0. The van der Waals surface area contributed by atoms with Crippen LogP contribution >= 0.6 is 11.8 Å². The number of allylic oxidation sites excluding steroid dienone is 1. The number of ether oxygens (including phenoxy) is 1. The number of hydrogen-bond acceptors (Lipinski definition) is 5. The fourth-order valence-electron chi connectivity index (χ4n) is 3.73. The average Bonchev–Trinajstić information content (AvgIpc) is 3.42. The summed E-state index contributed by atoms with van der Waals surface area (Å²) in [5, 5.41) is 6.12. The molecule has 4 aromatic rings. The molecular formula is C25H21N3O2S. The number of nitrogens with one attached hydrogen (secondary N) is 2. The largest absolute Gasteiger partial charge is 0.489 e. The minimum atomic E-state index is -0.0133. The Morgan fingerprint density at radius 2 is 2.00 bits per heavy atom. The summed E-state index contributed by atoms with van der Waals surface area (Å²) >= 11 is 1.58. The van der Waals surface area contributed by atoms with Gasteiger partial charge in [0.15, 0.2) is 0 Å². The molecular weight excluding hydrogens is 406 g/mol. The Kier molecular flexibility index (Phi) is 5.22. The second-order valence-corrected chi connectivity index (χ2v) is 8.39. The lowest BCUT2D eigenvalue weighted by Gasteiger charge is -2.12. The number of ketones is 1. The SMILES string of the molecule is Cc1[nH]c2cc(OCc3ccccc3)ccc2c1C(=O)C1=CSC(c2cccnc2)N1. The first kappa shape index (κ1) is 19.5. The third-order valence-electron chi connectivity index (χ3n) is 5.27. The second-order valence-electron chi connectivity index (χ2n) is 7.41. The Balaban J connectivity index is 1.35. The topological polar surface area (TPSA) is 67.0 Å². The molecule has 0 radical (unpaired) electrons. The third-order valence-corrected chi connectivity index (χ3v) is 6.31. The molecule has 0 saturated heterocycles. The standard InChI is InChI=1S/C25H21N3O2S/c1-16-23(24(29)22-15-31-25(28-22)18-8-5-11-26-13-18)20-10-9-19(12-21(20)27-16)30-14-17-6-3-2-4-7-17/h2-13,15,25,27-28H,14H2,1H3. The van der Waals surface area contributed by atoms with Gasteiger partial charge in [0, 0.05) is 40.5 Å². The predicted molar refractivity (Wildman–Crippen MR) is 124 cm³/mol. The maximum absolute atomic E-state index is 13.3. The molecule has 5 rings (SSSR count). The van der Waals surface area contributed by atoms with E-state index in [-0.39, 0.29) is 11.2 Å². The highest BCUT2D eigenvalue weighted by Gasteiger charge is 2.26. The molecule has 0 fully saturated rings. The number of carbonyl (C=O) groups excluding carboxylic acids is 1. The van der Waals surface area contributed by atoms with Gasteiger partial charge in [-0.15, -0.1) is 11.8 Å². The van der Waals surface area contributed by atoms with Gasteiger partial charge in [0.1, 0.15) is 17.7 Å². The van der Waals surface area contributed by atoms with E-state index in [2.05, 4.69) is 15.3 Å². The number of aromatic nitrogens is 2. The molecule has 1 aliphatic heterocycles. The van der Waals surface area contributed by atoms with Crippen LogP contribution in [0.5, 0.6) is 5.75 Å². The van der Waals surface area contributed by atoms with Crippen LogP contribution < -0.4 is 10.1 Å². The van der Waals surface area contributed by atoms with Crippen molar-refractivity contribution in [1.29, 1.82) is 0 Å². The van der Waals surface area contributed by atoms with Crippen molar-refractivity contribution in [3.8, 4) is 5.75 Å². The van der Waals surface area contributed by atoms with Gasteiger partial charge in [-0.3, -0.25) is 9.78 Å². The lowest BCUT2D eigenvalue weighted by molar-refractivity contribution is 0.102. The fraction of sp³-hybridized carbons (Fsp3) is 0.120. The van der Waals surface area contributed by atoms with Crippen molar-refractivity contribution >= 4 is 28.4 Å². The van der Waals surface area contributed by atoms with Crippen LogP contribution in [0.25, 0.3) is 10.9 Å². The Morgan fingerprint density at radius 1 is 1.13 bits per heavy atom. The molecule has 5 nitrogen and oxygen atoms in total. The molecule has 0 saturated carbocycles. The summed E-state index contributed by atoms with van der Waals surface area (Å²) in [4.78, 5) is 20.8. The molecule has 1 atom stereocenters. The van der Waals surface area contributed by atoms with E-state index in [1.54, 1.807) is 18.0 Å². The minimum Gasteiger partial charge on any atom is -0.489 e. The summed E-state index contributed by atoms with van der Waals surface area (Å²) in [5.74, 6) is 0.752. The van der Waals surface area contributed by atoms with Crippen molar-refractivity contribution < 1.29 is 9.53 Å². The monoisotopic (exact) mass is 427 g/mol. The number of fused-ring (bicyclic) bond motifs is 1. The summed E-state index contributed by atoms with van der Waals surface area (Å²) in [6.07, 6.45) is 3.57. The van der Waals surface area contributed by atoms with Crippen LogP contribution in [0.15, 0.2) is 84.2 Å². The molecule has 0 spiro atoms. The van der Waals surface area contributed by atoms with Gasteiger partial charge in [0.25, 0.3) is 0 Å². The molecule has 2 N–H and O–H groups in total. The van der Waals surface area contributed by atoms with E-state index >= 15 is 0 Å². The Labute approximate surface area is 184 Å². The van der Waals surface area contributed by atoms with Crippen molar-refractivity contribution in [2.75, 3.05) is 0 Å². The summed E-state index contributed by atoms with van der Waals surface area (Å²) in [6.45, 7) is 2.43. The van der Waals surface area contributed by atoms with Crippen LogP contribution in [-0.2, 0) is 6.61 Å². The number of pyridine rings is 1. The number of rotatable bonds is 6. The van der Waals surface area contributed by atoms with Crippen LogP contribution in [0.2, 0.25) is 0 Å². The molecule has 0 aliphatic carbocycles. The molecule has 0 bridgehead atoms. The Morgan fingerprint density at radius 3 is 2.81 bits per heavy atom. The van der Waals surface area contributed by atoms with Gasteiger partial charge in [-0.2, -0.15) is 0 Å². The number of H-pyrrole nitrogens is 1. The highest BCUT2D eigenvalue weighted by molar-refractivity contribution is 8.02. The molecule has 2 aromatic carbocycles. The van der Waals surface area contributed by atoms with Crippen molar-refractivity contribution in [1.82, 2.24) is 15.3 Å². The minimum absolute atomic E-state index is 0.00356. The van der Waals surface area contributed by atoms with Crippen LogP contribution in [0, 0.1) is 6.92 Å². The van der Waals surface area contributed by atoms with Gasteiger partial charge in [0.05, 0.1) is 16.8 Å². The number of Topliss-reactive ketones (excluding diaryl/α,β-unsaturated/α-hetero) is 1. The first-order valence-electron chi connectivity index (χ1n) is 10.0. The zero-order valence-corrected chi connectivity index (χ0v) is 17.8. The first-order chi connectivity index (χ1) is 15.2. The van der Waals surface area contributed by atoms with E-state index in [0.717, 1.165) is 33.5 Å². The number of aromatic amines is 1. The van der Waals surface area contributed by atoms with Crippen molar-refractivity contribution in [3.05, 3.63) is 107 Å². The molecule has 3 heterocycles. The maximum atomic E-state index is 13.3. The lowest BCUT2D eigenvalue weighted by atomic mass is 10.0. The zero-order chi connectivity index (χ0) is 21.2. The van der Waals surface area contributed by atoms with Gasteiger partial charge < -0.3 is 15.0 Å². The first-order valence-corrected chi connectivity index (χ1v) is 11.0. The van der Waals surface area contributed by atoms with Crippen LogP contribution in [0.4, 0.5) is 0 Å². The summed E-state index contributed by atoms with van der Waals surface area (Å²) in [7, 11) is 0. The van der Waals surface area contributed by atoms with Gasteiger partial charge in [-0.1, -0.05) is 36.4 Å². The lowest BCUT2D eigenvalue weighted by Crippen LogP contribution is -2.19. The number of thioether (sulfide) groups is 1. The van der Waals surface area contributed by atoms with Gasteiger partial charge in [-0.05, 0) is 30.7 Å². The number of nitrogens with zero attached hydrogens (tertiary/aromatic N) is 1. The average molecular weight is 428 g/mol. The van der Waals surface area contributed by atoms with Gasteiger partial charge >= 0.3 is 0 Å². The van der Waals surface area contributed by atoms with Crippen LogP contribution in [-0.4, -0.2) is 15.8 Å². The third kappa shape index (κ3) is 3.94. The molecule has 154 valence electrons. The van der Waals surface area contributed by atoms with E-state index in [0.29, 0.717) is 17.9 Å². The number of benzene rings is 2. The second kappa shape index (κ2) is 8.32. The highest BCUT2D eigenvalue weighted by atomic mass is 32.2. The Hall–Kier alpha value is -3.51. The molecule has 2 aromatic heterocycles. The maximum Gasteiger partial charge on any atom is 0.211 e. The molecule has 0 amide bonds. The van der Waals surface area contributed by atoms with E-state index in [1.165, 1.54) is 0 Å². The van der Waals surface area contributed by atoms with Crippen molar-refractivity contribution in [3.63, 3.8) is 0 Å². The summed E-state index contributed by atoms with van der Waals surface area (Å²) in [5.41, 5.74) is 5.19. The van der Waals surface area contributed by atoms with Crippen molar-refractivity contribution in [2.24, 2.45) is 0 Å². The van der Waals surface area contributed by atoms with E-state index < -0.39 is 0 Å². The number of hydrogen-bond donors (Lipinski definition) is 2. The fourth-order valence-corrected chi connectivity index (χ4v) is 4.67. The molecule has 1 aliphatic rings. The van der Waals surface area contributed by atoms with Crippen LogP contribution in [0.1, 0.15) is 32.6 Å². The smallest absolute Gasteiger partial charge is 0.211 e. The normalized spacial score (nSPS) is 15.5. The van der Waals surface area contributed by atoms with Gasteiger partial charge in [-0.25, -0.2) is 0 Å². The van der Waals surface area contributed by atoms with Crippen molar-refractivity contribution in [2.45, 2.75) is 18.9 Å².